The van der Waals surface area contributed by atoms with Gasteiger partial charge in [0, 0.05) is 26.2 Å². The topological polar surface area (TPSA) is 99.1 Å². The van der Waals surface area contributed by atoms with E-state index in [4.69, 9.17) is 14.2 Å². The largest absolute Gasteiger partial charge is 0.458 e. The van der Waals surface area contributed by atoms with E-state index in [-0.39, 0.29) is 18.3 Å². The first-order valence-corrected chi connectivity index (χ1v) is 8.70. The van der Waals surface area contributed by atoms with Crippen LogP contribution in [0.25, 0.3) is 0 Å². The van der Waals surface area contributed by atoms with Crippen molar-refractivity contribution in [2.75, 3.05) is 0 Å². The molecule has 0 amide bonds. The van der Waals surface area contributed by atoms with Gasteiger partial charge in [-0.3, -0.25) is 14.4 Å². The number of aliphatic hydroxyl groups is 1. The van der Waals surface area contributed by atoms with Gasteiger partial charge >= 0.3 is 17.9 Å². The number of aliphatic hydroxyl groups excluding tert-OH is 1. The van der Waals surface area contributed by atoms with Gasteiger partial charge in [-0.25, -0.2) is 0 Å². The van der Waals surface area contributed by atoms with Crippen molar-refractivity contribution in [2.24, 2.45) is 11.8 Å². The molecule has 6 atom stereocenters. The summed E-state index contributed by atoms with van der Waals surface area (Å²) in [7, 11) is 0. The van der Waals surface area contributed by atoms with Crippen molar-refractivity contribution in [3.8, 4) is 0 Å². The molecule has 144 valence electrons. The van der Waals surface area contributed by atoms with E-state index in [0.717, 1.165) is 0 Å². The average Bonchev–Trinajstić information content (AvgIpc) is 2.78. The number of hydrogen-bond acceptors (Lipinski definition) is 7. The standard InChI is InChI=1S/C19H26O7/c1-9-6-18-14(10(2)19(23)26-18)7-17(25-13(5)21)11(3)15(22)8-16(9)24-12(4)20/h6,10,14-18,22H,3,7-8H2,1-2,4-5H3. The van der Waals surface area contributed by atoms with Gasteiger partial charge in [0.25, 0.3) is 0 Å². The summed E-state index contributed by atoms with van der Waals surface area (Å²) >= 11 is 0. The van der Waals surface area contributed by atoms with Crippen LogP contribution in [0.1, 0.15) is 40.5 Å². The van der Waals surface area contributed by atoms with Crippen LogP contribution in [0.15, 0.2) is 23.8 Å². The molecule has 1 heterocycles. The molecule has 2 aliphatic rings. The smallest absolute Gasteiger partial charge is 0.309 e. The zero-order chi connectivity index (χ0) is 19.6. The Morgan fingerprint density at radius 3 is 2.35 bits per heavy atom. The van der Waals surface area contributed by atoms with E-state index in [9.17, 15) is 19.5 Å². The Hall–Kier alpha value is -2.15. The summed E-state index contributed by atoms with van der Waals surface area (Å²) in [5, 5.41) is 10.5. The number of hydrogen-bond donors (Lipinski definition) is 1. The number of esters is 3. The highest BCUT2D eigenvalue weighted by Gasteiger charge is 2.44. The summed E-state index contributed by atoms with van der Waals surface area (Å²) in [4.78, 5) is 35.0. The second-order valence-corrected chi connectivity index (χ2v) is 7.02. The molecule has 0 aromatic carbocycles. The van der Waals surface area contributed by atoms with Gasteiger partial charge in [0.2, 0.25) is 0 Å². The Bertz CT molecular complexity index is 636. The molecule has 0 aromatic heterocycles. The maximum absolute atomic E-state index is 12.1. The summed E-state index contributed by atoms with van der Waals surface area (Å²) in [5.74, 6) is -1.96. The molecule has 1 aliphatic heterocycles. The third kappa shape index (κ3) is 4.52. The minimum atomic E-state index is -1.03. The molecule has 1 aliphatic carbocycles. The second kappa shape index (κ2) is 8.03. The Morgan fingerprint density at radius 1 is 1.19 bits per heavy atom. The number of carbonyl (C=O) groups is 3. The Morgan fingerprint density at radius 2 is 1.77 bits per heavy atom. The third-order valence-electron chi connectivity index (χ3n) is 5.00. The fourth-order valence-electron chi connectivity index (χ4n) is 3.47. The average molecular weight is 366 g/mol. The zero-order valence-corrected chi connectivity index (χ0v) is 15.6. The molecular weight excluding hydrogens is 340 g/mol. The van der Waals surface area contributed by atoms with Gasteiger partial charge in [-0.15, -0.1) is 0 Å². The first-order valence-electron chi connectivity index (χ1n) is 8.70. The number of rotatable bonds is 2. The normalized spacial score (nSPS) is 35.0. The Balaban J connectivity index is 2.42. The lowest BCUT2D eigenvalue weighted by atomic mass is 9.81. The zero-order valence-electron chi connectivity index (χ0n) is 15.6. The summed E-state index contributed by atoms with van der Waals surface area (Å²) in [6, 6.07) is 0. The molecule has 7 nitrogen and oxygen atoms in total. The van der Waals surface area contributed by atoms with Crippen molar-refractivity contribution in [1.82, 2.24) is 0 Å². The van der Waals surface area contributed by atoms with Crippen LogP contribution >= 0.6 is 0 Å². The minimum Gasteiger partial charge on any atom is -0.458 e. The predicted octanol–water partition coefficient (Wildman–Crippen LogP) is 1.68. The van der Waals surface area contributed by atoms with Crippen LogP contribution in [0.5, 0.6) is 0 Å². The van der Waals surface area contributed by atoms with Gasteiger partial charge in [0.15, 0.2) is 0 Å². The molecule has 0 radical (unpaired) electrons. The molecule has 0 spiro atoms. The summed E-state index contributed by atoms with van der Waals surface area (Å²) < 4.78 is 16.1. The molecule has 1 saturated heterocycles. The fraction of sp³-hybridized carbons (Fsp3) is 0.632. The molecule has 7 heteroatoms. The highest BCUT2D eigenvalue weighted by molar-refractivity contribution is 5.75. The van der Waals surface area contributed by atoms with Crippen LogP contribution in [0.2, 0.25) is 0 Å². The summed E-state index contributed by atoms with van der Waals surface area (Å²) in [5.41, 5.74) is 1.01. The monoisotopic (exact) mass is 366 g/mol. The van der Waals surface area contributed by atoms with Crippen molar-refractivity contribution in [2.45, 2.75) is 65.0 Å². The lowest BCUT2D eigenvalue weighted by Crippen LogP contribution is -2.35. The molecule has 6 unspecified atom stereocenters. The number of carbonyl (C=O) groups excluding carboxylic acids is 3. The second-order valence-electron chi connectivity index (χ2n) is 7.02. The van der Waals surface area contributed by atoms with E-state index in [0.29, 0.717) is 17.6 Å². The lowest BCUT2D eigenvalue weighted by molar-refractivity contribution is -0.147. The molecule has 2 rings (SSSR count). The minimum absolute atomic E-state index is 0.0827. The van der Waals surface area contributed by atoms with Crippen molar-refractivity contribution in [1.29, 1.82) is 0 Å². The highest BCUT2D eigenvalue weighted by atomic mass is 16.6. The molecule has 0 bridgehead atoms. The van der Waals surface area contributed by atoms with Crippen LogP contribution < -0.4 is 0 Å². The van der Waals surface area contributed by atoms with Crippen LogP contribution in [-0.2, 0) is 28.6 Å². The number of ether oxygens (including phenoxy) is 3. The molecule has 26 heavy (non-hydrogen) atoms. The van der Waals surface area contributed by atoms with Crippen LogP contribution in [0.4, 0.5) is 0 Å². The van der Waals surface area contributed by atoms with Gasteiger partial charge in [-0.05, 0) is 30.6 Å². The van der Waals surface area contributed by atoms with Crippen molar-refractivity contribution in [3.05, 3.63) is 23.8 Å². The van der Waals surface area contributed by atoms with E-state index >= 15 is 0 Å². The SMILES string of the molecule is C=C1C(O)CC(OC(C)=O)C(C)=CC2OC(=O)C(C)C2CC1OC(C)=O. The van der Waals surface area contributed by atoms with Crippen molar-refractivity contribution in [3.63, 3.8) is 0 Å². The quantitative estimate of drug-likeness (QED) is 0.451. The van der Waals surface area contributed by atoms with Crippen molar-refractivity contribution < 1.29 is 33.7 Å². The third-order valence-corrected chi connectivity index (χ3v) is 5.00. The molecule has 0 aromatic rings. The first-order chi connectivity index (χ1) is 12.1. The lowest BCUT2D eigenvalue weighted by Gasteiger charge is -2.31. The maximum atomic E-state index is 12.1. The molecule has 0 saturated carbocycles. The predicted molar refractivity (Wildman–Crippen MR) is 91.8 cm³/mol. The molecule has 1 fully saturated rings. The highest BCUT2D eigenvalue weighted by Crippen LogP contribution is 2.37. The van der Waals surface area contributed by atoms with E-state index < -0.39 is 42.3 Å². The van der Waals surface area contributed by atoms with E-state index in [1.807, 2.05) is 0 Å². The molecular formula is C19H26O7. The van der Waals surface area contributed by atoms with Gasteiger partial charge in [-0.1, -0.05) is 13.5 Å². The van der Waals surface area contributed by atoms with Gasteiger partial charge in [-0.2, -0.15) is 0 Å². The van der Waals surface area contributed by atoms with Crippen molar-refractivity contribution >= 4 is 17.9 Å². The summed E-state index contributed by atoms with van der Waals surface area (Å²) in [6.45, 7) is 9.98. The van der Waals surface area contributed by atoms with Gasteiger partial charge in [0.1, 0.15) is 18.3 Å². The van der Waals surface area contributed by atoms with E-state index in [2.05, 4.69) is 6.58 Å². The number of fused-ring (bicyclic) bond motifs is 1. The summed E-state index contributed by atoms with van der Waals surface area (Å²) in [6.07, 6.45) is -0.837. The van der Waals surface area contributed by atoms with E-state index in [1.165, 1.54) is 13.8 Å². The van der Waals surface area contributed by atoms with E-state index in [1.54, 1.807) is 19.9 Å². The first kappa shape index (κ1) is 20.2. The molecule has 1 N–H and O–H groups in total. The maximum Gasteiger partial charge on any atom is 0.309 e. The Labute approximate surface area is 153 Å². The van der Waals surface area contributed by atoms with Gasteiger partial charge in [0.05, 0.1) is 12.0 Å². The van der Waals surface area contributed by atoms with Gasteiger partial charge < -0.3 is 19.3 Å². The van der Waals surface area contributed by atoms with Crippen LogP contribution in [-0.4, -0.2) is 47.4 Å². The van der Waals surface area contributed by atoms with Crippen LogP contribution in [0, 0.1) is 11.8 Å². The van der Waals surface area contributed by atoms with Crippen LogP contribution in [0.3, 0.4) is 0 Å². The fourth-order valence-corrected chi connectivity index (χ4v) is 3.47. The Kier molecular flexibility index (Phi) is 6.23.